The van der Waals surface area contributed by atoms with E-state index in [4.69, 9.17) is 17.3 Å². The van der Waals surface area contributed by atoms with Crippen molar-refractivity contribution in [3.8, 4) is 0 Å². The summed E-state index contributed by atoms with van der Waals surface area (Å²) in [5, 5.41) is 0.799. The van der Waals surface area contributed by atoms with E-state index in [1.807, 2.05) is 12.1 Å². The average Bonchev–Trinajstić information content (AvgIpc) is 2.60. The minimum absolute atomic E-state index is 0.0163. The summed E-state index contributed by atoms with van der Waals surface area (Å²) >= 11 is 8.38. The number of nitrogens with two attached hydrogens (primary N) is 1. The quantitative estimate of drug-likeness (QED) is 0.592. The Hall–Kier alpha value is -0.0600. The summed E-state index contributed by atoms with van der Waals surface area (Å²) in [6.07, 6.45) is 8.50. The Kier molecular flexibility index (Phi) is 4.88. The van der Waals surface area contributed by atoms with Gasteiger partial charge in [-0.1, -0.05) is 35.7 Å². The van der Waals surface area contributed by atoms with Crippen LogP contribution in [0.2, 0.25) is 5.02 Å². The summed E-state index contributed by atoms with van der Waals surface area (Å²) in [4.78, 5) is 0. The average molecular weight is 362 g/mol. The molecule has 17 heavy (non-hydrogen) atoms. The standard InChI is InChI=1S/C14H17ClIN/c15-12-9-11(7-8-13(12)16)14(17)10-5-3-1-2-4-6-10/h5,7-9,14H,1-4,6,17H2. The molecule has 1 aliphatic rings. The van der Waals surface area contributed by atoms with E-state index in [1.165, 1.54) is 31.3 Å². The second-order valence-electron chi connectivity index (χ2n) is 4.53. The van der Waals surface area contributed by atoms with Crippen molar-refractivity contribution >= 4 is 34.2 Å². The normalized spacial score (nSPS) is 18.4. The molecule has 1 aromatic rings. The molecule has 92 valence electrons. The van der Waals surface area contributed by atoms with Gasteiger partial charge in [0, 0.05) is 3.57 Å². The van der Waals surface area contributed by atoms with Crippen LogP contribution in [0.4, 0.5) is 0 Å². The summed E-state index contributed by atoms with van der Waals surface area (Å²) in [6.45, 7) is 0. The highest BCUT2D eigenvalue weighted by atomic mass is 127. The van der Waals surface area contributed by atoms with Gasteiger partial charge in [0.1, 0.15) is 0 Å². The van der Waals surface area contributed by atoms with Crippen molar-refractivity contribution in [1.29, 1.82) is 0 Å². The molecule has 0 heterocycles. The van der Waals surface area contributed by atoms with Crippen LogP contribution in [0.15, 0.2) is 29.8 Å². The van der Waals surface area contributed by atoms with Crippen molar-refractivity contribution < 1.29 is 0 Å². The van der Waals surface area contributed by atoms with Gasteiger partial charge in [0.15, 0.2) is 0 Å². The third-order valence-electron chi connectivity index (χ3n) is 3.28. The van der Waals surface area contributed by atoms with E-state index in [0.717, 1.165) is 20.6 Å². The van der Waals surface area contributed by atoms with Crippen LogP contribution in [0.5, 0.6) is 0 Å². The zero-order valence-corrected chi connectivity index (χ0v) is 12.7. The largest absolute Gasteiger partial charge is 0.321 e. The van der Waals surface area contributed by atoms with E-state index >= 15 is 0 Å². The lowest BCUT2D eigenvalue weighted by atomic mass is 9.96. The number of benzene rings is 1. The lowest BCUT2D eigenvalue weighted by Crippen LogP contribution is -2.13. The second kappa shape index (κ2) is 6.21. The third kappa shape index (κ3) is 3.46. The first kappa shape index (κ1) is 13.4. The first-order valence-corrected chi connectivity index (χ1v) is 7.53. The molecule has 0 aliphatic heterocycles. The molecule has 1 aliphatic carbocycles. The van der Waals surface area contributed by atoms with E-state index < -0.39 is 0 Å². The van der Waals surface area contributed by atoms with Crippen molar-refractivity contribution in [2.24, 2.45) is 5.73 Å². The molecule has 0 aromatic heterocycles. The fourth-order valence-corrected chi connectivity index (χ4v) is 2.77. The Balaban J connectivity index is 2.20. The van der Waals surface area contributed by atoms with Gasteiger partial charge in [-0.25, -0.2) is 0 Å². The predicted molar refractivity (Wildman–Crippen MR) is 82.3 cm³/mol. The molecule has 2 N–H and O–H groups in total. The van der Waals surface area contributed by atoms with Gasteiger partial charge in [-0.15, -0.1) is 0 Å². The van der Waals surface area contributed by atoms with Crippen molar-refractivity contribution in [2.75, 3.05) is 0 Å². The molecule has 1 unspecified atom stereocenters. The number of halogens is 2. The monoisotopic (exact) mass is 361 g/mol. The summed E-state index contributed by atoms with van der Waals surface area (Å²) < 4.78 is 1.08. The lowest BCUT2D eigenvalue weighted by molar-refractivity contribution is 0.688. The van der Waals surface area contributed by atoms with Crippen LogP contribution in [0, 0.1) is 3.57 Å². The van der Waals surface area contributed by atoms with E-state index in [0.29, 0.717) is 0 Å². The number of allylic oxidation sites excluding steroid dienone is 1. The third-order valence-corrected chi connectivity index (χ3v) is 4.85. The molecule has 2 rings (SSSR count). The predicted octanol–water partition coefficient (Wildman–Crippen LogP) is 4.83. The summed E-state index contributed by atoms with van der Waals surface area (Å²) in [7, 11) is 0. The smallest absolute Gasteiger partial charge is 0.0542 e. The fraction of sp³-hybridized carbons (Fsp3) is 0.429. The molecule has 1 aromatic carbocycles. The minimum atomic E-state index is 0.0163. The molecule has 0 bridgehead atoms. The van der Waals surface area contributed by atoms with E-state index in [2.05, 4.69) is 34.7 Å². The zero-order valence-electron chi connectivity index (χ0n) is 9.76. The van der Waals surface area contributed by atoms with Crippen LogP contribution in [-0.4, -0.2) is 0 Å². The van der Waals surface area contributed by atoms with Gasteiger partial charge < -0.3 is 5.73 Å². The summed E-state index contributed by atoms with van der Waals surface area (Å²) in [6, 6.07) is 6.14. The van der Waals surface area contributed by atoms with Crippen molar-refractivity contribution in [3.05, 3.63) is 44.0 Å². The maximum atomic E-state index is 6.33. The van der Waals surface area contributed by atoms with Gasteiger partial charge in [0.25, 0.3) is 0 Å². The molecule has 1 nitrogen and oxygen atoms in total. The molecule has 0 radical (unpaired) electrons. The van der Waals surface area contributed by atoms with Crippen LogP contribution in [-0.2, 0) is 0 Å². The Morgan fingerprint density at radius 1 is 1.24 bits per heavy atom. The van der Waals surface area contributed by atoms with E-state index in [1.54, 1.807) is 0 Å². The number of hydrogen-bond acceptors (Lipinski definition) is 1. The molecular formula is C14H17ClIN. The highest BCUT2D eigenvalue weighted by molar-refractivity contribution is 14.1. The van der Waals surface area contributed by atoms with Crippen molar-refractivity contribution in [1.82, 2.24) is 0 Å². The van der Waals surface area contributed by atoms with Gasteiger partial charge in [-0.2, -0.15) is 0 Å². The van der Waals surface area contributed by atoms with Crippen LogP contribution >= 0.6 is 34.2 Å². The molecular weight excluding hydrogens is 345 g/mol. The van der Waals surface area contributed by atoms with E-state index in [9.17, 15) is 0 Å². The molecule has 3 heteroatoms. The highest BCUT2D eigenvalue weighted by Gasteiger charge is 2.14. The highest BCUT2D eigenvalue weighted by Crippen LogP contribution is 2.30. The van der Waals surface area contributed by atoms with Crippen LogP contribution in [0.3, 0.4) is 0 Å². The molecule has 0 amide bonds. The molecule has 1 atom stereocenters. The Morgan fingerprint density at radius 3 is 2.82 bits per heavy atom. The molecule has 0 saturated heterocycles. The van der Waals surface area contributed by atoms with Gasteiger partial charge in [-0.05, 0) is 66.0 Å². The fourth-order valence-electron chi connectivity index (χ4n) is 2.24. The van der Waals surface area contributed by atoms with Gasteiger partial charge >= 0.3 is 0 Å². The van der Waals surface area contributed by atoms with Gasteiger partial charge in [0.05, 0.1) is 11.1 Å². The lowest BCUT2D eigenvalue weighted by Gasteiger charge is -2.16. The Labute approximate surface area is 122 Å². The van der Waals surface area contributed by atoms with Crippen molar-refractivity contribution in [3.63, 3.8) is 0 Å². The van der Waals surface area contributed by atoms with Crippen LogP contribution in [0.1, 0.15) is 43.7 Å². The Morgan fingerprint density at radius 2 is 2.06 bits per heavy atom. The number of hydrogen-bond donors (Lipinski definition) is 1. The van der Waals surface area contributed by atoms with Crippen LogP contribution < -0.4 is 5.73 Å². The van der Waals surface area contributed by atoms with Gasteiger partial charge in [-0.3, -0.25) is 0 Å². The van der Waals surface area contributed by atoms with Crippen LogP contribution in [0.25, 0.3) is 0 Å². The first-order valence-electron chi connectivity index (χ1n) is 6.08. The SMILES string of the molecule is NC(C1=CCCCCC1)c1ccc(I)c(Cl)c1. The summed E-state index contributed by atoms with van der Waals surface area (Å²) in [5.41, 5.74) is 8.83. The topological polar surface area (TPSA) is 26.0 Å². The summed E-state index contributed by atoms with van der Waals surface area (Å²) in [5.74, 6) is 0. The second-order valence-corrected chi connectivity index (χ2v) is 6.10. The zero-order chi connectivity index (χ0) is 12.3. The minimum Gasteiger partial charge on any atom is -0.321 e. The van der Waals surface area contributed by atoms with Gasteiger partial charge in [0.2, 0.25) is 0 Å². The molecule has 0 fully saturated rings. The maximum absolute atomic E-state index is 6.33. The van der Waals surface area contributed by atoms with Crippen molar-refractivity contribution in [2.45, 2.75) is 38.1 Å². The molecule has 0 spiro atoms. The molecule has 0 saturated carbocycles. The van der Waals surface area contributed by atoms with E-state index in [-0.39, 0.29) is 6.04 Å². The number of rotatable bonds is 2. The first-order chi connectivity index (χ1) is 8.18. The Bertz CT molecular complexity index is 428. The maximum Gasteiger partial charge on any atom is 0.0542 e.